The highest BCUT2D eigenvalue weighted by molar-refractivity contribution is 5.95. The third-order valence-electron chi connectivity index (χ3n) is 4.96. The maximum absolute atomic E-state index is 12.9. The van der Waals surface area contributed by atoms with Gasteiger partial charge in [-0.25, -0.2) is 4.98 Å². The monoisotopic (exact) mass is 459 g/mol. The van der Waals surface area contributed by atoms with Gasteiger partial charge in [-0.3, -0.25) is 9.78 Å². The van der Waals surface area contributed by atoms with Crippen molar-refractivity contribution in [1.29, 1.82) is 0 Å². The van der Waals surface area contributed by atoms with Crippen LogP contribution in [0.15, 0.2) is 28.9 Å². The van der Waals surface area contributed by atoms with E-state index in [-0.39, 0.29) is 27.4 Å². The van der Waals surface area contributed by atoms with Crippen LogP contribution in [-0.2, 0) is 18.9 Å². The van der Waals surface area contributed by atoms with Crippen molar-refractivity contribution < 1.29 is 35.6 Å². The SMILES string of the molecule is Cc1nn(C(F)(F)F)cc1C(=O)NC1CCCc2oc(-c3ccnc(C(F)(F)F)c3)nc21. The standard InChI is InChI=1S/C19H15F6N5O2/c1-9-11(8-30(29-9)19(23,24)25)16(31)27-12-3-2-4-13-15(12)28-17(32-13)10-5-6-26-14(7-10)18(20,21)22/h5-8,12H,2-4H2,1H3,(H,27,31). The number of rotatable bonds is 3. The summed E-state index contributed by atoms with van der Waals surface area (Å²) >= 11 is 0. The Bertz CT molecular complexity index is 1160. The van der Waals surface area contributed by atoms with Gasteiger partial charge in [-0.05, 0) is 31.9 Å². The molecule has 1 unspecified atom stereocenters. The fraction of sp³-hybridized carbons (Fsp3) is 0.368. The van der Waals surface area contributed by atoms with Gasteiger partial charge in [0, 0.05) is 24.4 Å². The zero-order valence-electron chi connectivity index (χ0n) is 16.4. The fourth-order valence-corrected chi connectivity index (χ4v) is 3.45. The smallest absolute Gasteiger partial charge is 0.441 e. The molecule has 1 N–H and O–H groups in total. The van der Waals surface area contributed by atoms with Crippen LogP contribution in [-0.4, -0.2) is 25.7 Å². The van der Waals surface area contributed by atoms with Crippen LogP contribution in [0.5, 0.6) is 0 Å². The van der Waals surface area contributed by atoms with Gasteiger partial charge >= 0.3 is 12.5 Å². The van der Waals surface area contributed by atoms with Crippen LogP contribution >= 0.6 is 0 Å². The maximum atomic E-state index is 12.9. The minimum absolute atomic E-state index is 0.0640. The van der Waals surface area contributed by atoms with E-state index >= 15 is 0 Å². The Morgan fingerprint density at radius 3 is 2.66 bits per heavy atom. The molecule has 0 spiro atoms. The Morgan fingerprint density at radius 1 is 1.25 bits per heavy atom. The Hall–Kier alpha value is -3.38. The number of nitrogens with one attached hydrogen (secondary N) is 1. The summed E-state index contributed by atoms with van der Waals surface area (Å²) in [5.74, 6) is -0.446. The average Bonchev–Trinajstić information content (AvgIpc) is 3.32. The lowest BCUT2D eigenvalue weighted by Gasteiger charge is -2.21. The van der Waals surface area contributed by atoms with Gasteiger partial charge in [-0.15, -0.1) is 13.2 Å². The summed E-state index contributed by atoms with van der Waals surface area (Å²) in [5, 5.41) is 5.93. The fourth-order valence-electron chi connectivity index (χ4n) is 3.45. The Labute approximate surface area is 176 Å². The number of oxazole rings is 1. The molecule has 170 valence electrons. The molecule has 13 heteroatoms. The first-order valence-electron chi connectivity index (χ1n) is 9.41. The topological polar surface area (TPSA) is 85.8 Å². The van der Waals surface area contributed by atoms with Crippen molar-refractivity contribution in [3.8, 4) is 11.5 Å². The van der Waals surface area contributed by atoms with E-state index in [4.69, 9.17) is 4.42 Å². The first-order chi connectivity index (χ1) is 14.9. The molecule has 0 radical (unpaired) electrons. The molecule has 3 aromatic heterocycles. The molecule has 1 aliphatic rings. The van der Waals surface area contributed by atoms with Gasteiger partial charge in [0.05, 0.1) is 17.3 Å². The molecule has 0 bridgehead atoms. The minimum Gasteiger partial charge on any atom is -0.441 e. The predicted octanol–water partition coefficient (Wildman–Crippen LogP) is 4.54. The number of aromatic nitrogens is 4. The number of nitrogens with zero attached hydrogens (tertiary/aromatic N) is 4. The molecule has 32 heavy (non-hydrogen) atoms. The van der Waals surface area contributed by atoms with E-state index in [2.05, 4.69) is 20.4 Å². The molecule has 1 atom stereocenters. The first-order valence-corrected chi connectivity index (χ1v) is 9.41. The first kappa shape index (κ1) is 21.8. The summed E-state index contributed by atoms with van der Waals surface area (Å²) in [6.45, 7) is 1.28. The van der Waals surface area contributed by atoms with Crippen LogP contribution < -0.4 is 5.32 Å². The lowest BCUT2D eigenvalue weighted by Crippen LogP contribution is -2.31. The molecular weight excluding hydrogens is 444 g/mol. The summed E-state index contributed by atoms with van der Waals surface area (Å²) in [4.78, 5) is 20.1. The van der Waals surface area contributed by atoms with E-state index in [0.29, 0.717) is 36.9 Å². The molecular formula is C19H15F6N5O2. The van der Waals surface area contributed by atoms with E-state index in [0.717, 1.165) is 12.3 Å². The number of carbonyl (C=O) groups excluding carboxylic acids is 1. The molecule has 1 amide bonds. The number of halogens is 6. The number of hydrogen-bond donors (Lipinski definition) is 1. The van der Waals surface area contributed by atoms with Crippen LogP contribution in [0.2, 0.25) is 0 Å². The zero-order chi connectivity index (χ0) is 23.3. The Morgan fingerprint density at radius 2 is 2.00 bits per heavy atom. The van der Waals surface area contributed by atoms with Gasteiger partial charge in [0.25, 0.3) is 5.91 Å². The highest BCUT2D eigenvalue weighted by Gasteiger charge is 2.35. The summed E-state index contributed by atoms with van der Waals surface area (Å²) < 4.78 is 82.7. The van der Waals surface area contributed by atoms with E-state index in [1.54, 1.807) is 0 Å². The van der Waals surface area contributed by atoms with Gasteiger partial charge in [0.2, 0.25) is 5.89 Å². The van der Waals surface area contributed by atoms with Gasteiger partial charge in [-0.2, -0.15) is 23.0 Å². The normalized spacial score (nSPS) is 16.7. The average molecular weight is 459 g/mol. The zero-order valence-corrected chi connectivity index (χ0v) is 16.4. The number of alkyl halides is 6. The number of carbonyl (C=O) groups is 1. The quantitative estimate of drug-likeness (QED) is 0.581. The second-order valence-corrected chi connectivity index (χ2v) is 7.21. The lowest BCUT2D eigenvalue weighted by atomic mass is 9.96. The van der Waals surface area contributed by atoms with E-state index in [1.165, 1.54) is 13.0 Å². The van der Waals surface area contributed by atoms with Crippen molar-refractivity contribution in [3.05, 3.63) is 52.9 Å². The number of aryl methyl sites for hydroxylation is 2. The van der Waals surface area contributed by atoms with E-state index in [1.807, 2.05) is 0 Å². The van der Waals surface area contributed by atoms with Gasteiger partial charge in [-0.1, -0.05) is 0 Å². The highest BCUT2D eigenvalue weighted by atomic mass is 19.4. The number of amides is 1. The minimum atomic E-state index is -4.76. The molecule has 3 heterocycles. The molecule has 4 rings (SSSR count). The molecule has 3 aromatic rings. The summed E-state index contributed by atoms with van der Waals surface area (Å²) in [6, 6.07) is 1.44. The lowest BCUT2D eigenvalue weighted by molar-refractivity contribution is -0.212. The van der Waals surface area contributed by atoms with Crippen molar-refractivity contribution >= 4 is 5.91 Å². The second-order valence-electron chi connectivity index (χ2n) is 7.21. The van der Waals surface area contributed by atoms with E-state index in [9.17, 15) is 31.1 Å². The molecule has 0 fully saturated rings. The third-order valence-corrected chi connectivity index (χ3v) is 4.96. The van der Waals surface area contributed by atoms with Crippen molar-refractivity contribution in [2.24, 2.45) is 0 Å². The number of pyridine rings is 1. The van der Waals surface area contributed by atoms with Crippen LogP contribution in [0.1, 0.15) is 52.1 Å². The van der Waals surface area contributed by atoms with Crippen LogP contribution in [0.25, 0.3) is 11.5 Å². The second kappa shape index (κ2) is 7.64. The van der Waals surface area contributed by atoms with Crippen LogP contribution in [0.4, 0.5) is 26.3 Å². The summed E-state index contributed by atoms with van der Waals surface area (Å²) in [5.41, 5.74) is -1.07. The van der Waals surface area contributed by atoms with Crippen LogP contribution in [0, 0.1) is 6.92 Å². The van der Waals surface area contributed by atoms with Crippen molar-refractivity contribution in [2.75, 3.05) is 0 Å². The molecule has 0 saturated heterocycles. The summed E-state index contributed by atoms with van der Waals surface area (Å²) in [6.07, 6.45) is -6.35. The molecule has 0 aliphatic heterocycles. The number of fused-ring (bicyclic) bond motifs is 1. The molecule has 1 aliphatic carbocycles. The highest BCUT2D eigenvalue weighted by Crippen LogP contribution is 2.35. The molecule has 0 saturated carbocycles. The predicted molar refractivity (Wildman–Crippen MR) is 96.1 cm³/mol. The van der Waals surface area contributed by atoms with Crippen molar-refractivity contribution in [2.45, 2.75) is 44.7 Å². The van der Waals surface area contributed by atoms with E-state index < -0.39 is 30.1 Å². The van der Waals surface area contributed by atoms with Crippen molar-refractivity contribution in [3.63, 3.8) is 0 Å². The molecule has 0 aromatic carbocycles. The van der Waals surface area contributed by atoms with Crippen LogP contribution in [0.3, 0.4) is 0 Å². The number of hydrogen-bond acceptors (Lipinski definition) is 5. The maximum Gasteiger partial charge on any atom is 0.504 e. The Kier molecular flexibility index (Phi) is 5.21. The third kappa shape index (κ3) is 4.18. The summed E-state index contributed by atoms with van der Waals surface area (Å²) in [7, 11) is 0. The van der Waals surface area contributed by atoms with Gasteiger partial charge in [0.15, 0.2) is 0 Å². The van der Waals surface area contributed by atoms with Gasteiger partial charge in [0.1, 0.15) is 17.1 Å². The molecule has 7 nitrogen and oxygen atoms in total. The largest absolute Gasteiger partial charge is 0.504 e. The van der Waals surface area contributed by atoms with Gasteiger partial charge < -0.3 is 9.73 Å². The van der Waals surface area contributed by atoms with Crippen molar-refractivity contribution in [1.82, 2.24) is 25.1 Å². The Balaban J connectivity index is 1.60.